The number of hydrogen-bond donors (Lipinski definition) is 3. The van der Waals surface area contributed by atoms with Crippen LogP contribution in [0, 0.1) is 11.3 Å². The Morgan fingerprint density at radius 1 is 1.58 bits per heavy atom. The molecule has 0 spiro atoms. The van der Waals surface area contributed by atoms with E-state index in [1.807, 2.05) is 5.38 Å². The number of carbonyl (C=O) groups is 1. The molecule has 0 bridgehead atoms. The third kappa shape index (κ3) is 3.06. The zero-order chi connectivity index (χ0) is 13.3. The number of amides is 2. The molecule has 0 saturated heterocycles. The summed E-state index contributed by atoms with van der Waals surface area (Å²) in [6.07, 6.45) is 6.10. The fourth-order valence-electron chi connectivity index (χ4n) is 2.23. The molecule has 19 heavy (non-hydrogen) atoms. The van der Waals surface area contributed by atoms with Gasteiger partial charge in [0.15, 0.2) is 0 Å². The molecule has 3 rings (SSSR count). The van der Waals surface area contributed by atoms with Gasteiger partial charge in [0.05, 0.1) is 12.6 Å². The predicted molar refractivity (Wildman–Crippen MR) is 72.9 cm³/mol. The first-order valence-electron chi connectivity index (χ1n) is 6.77. The van der Waals surface area contributed by atoms with E-state index in [0.717, 1.165) is 30.7 Å². The molecule has 0 aromatic carbocycles. The van der Waals surface area contributed by atoms with E-state index in [4.69, 9.17) is 0 Å². The molecule has 5 nitrogen and oxygen atoms in total. The van der Waals surface area contributed by atoms with E-state index in [2.05, 4.69) is 15.6 Å². The van der Waals surface area contributed by atoms with Crippen molar-refractivity contribution in [1.29, 1.82) is 0 Å². The van der Waals surface area contributed by atoms with Gasteiger partial charge in [0, 0.05) is 23.5 Å². The van der Waals surface area contributed by atoms with E-state index >= 15 is 0 Å². The van der Waals surface area contributed by atoms with Gasteiger partial charge in [0.1, 0.15) is 5.01 Å². The minimum atomic E-state index is -0.146. The molecule has 2 aliphatic carbocycles. The molecule has 1 aromatic rings. The van der Waals surface area contributed by atoms with Crippen molar-refractivity contribution in [3.63, 3.8) is 0 Å². The number of carbonyl (C=O) groups excluding carboxylic acids is 1. The van der Waals surface area contributed by atoms with E-state index < -0.39 is 0 Å². The number of aliphatic hydroxyl groups excluding tert-OH is 1. The number of hydrogen-bond acceptors (Lipinski definition) is 4. The third-order valence-electron chi connectivity index (χ3n) is 4.01. The van der Waals surface area contributed by atoms with Crippen LogP contribution in [-0.4, -0.2) is 29.3 Å². The Hall–Kier alpha value is -1.14. The molecule has 3 N–H and O–H groups in total. The lowest BCUT2D eigenvalue weighted by Crippen LogP contribution is -2.41. The average Bonchev–Trinajstić information content (AvgIpc) is 3.33. The maximum Gasteiger partial charge on any atom is 0.315 e. The van der Waals surface area contributed by atoms with Crippen LogP contribution in [0.15, 0.2) is 11.6 Å². The highest BCUT2D eigenvalue weighted by molar-refractivity contribution is 7.09. The van der Waals surface area contributed by atoms with Crippen LogP contribution in [-0.2, 0) is 0 Å². The average molecular weight is 281 g/mol. The molecule has 0 aliphatic heterocycles. The quantitative estimate of drug-likeness (QED) is 0.742. The van der Waals surface area contributed by atoms with E-state index in [0.29, 0.717) is 12.5 Å². The zero-order valence-electron chi connectivity index (χ0n) is 10.8. The Balaban J connectivity index is 1.52. The van der Waals surface area contributed by atoms with Crippen molar-refractivity contribution < 1.29 is 9.90 Å². The van der Waals surface area contributed by atoms with Gasteiger partial charge < -0.3 is 15.7 Å². The van der Waals surface area contributed by atoms with E-state index in [1.54, 1.807) is 17.5 Å². The number of nitrogens with zero attached hydrogens (tertiary/aromatic N) is 1. The predicted octanol–water partition coefficient (Wildman–Crippen LogP) is 1.67. The van der Waals surface area contributed by atoms with Crippen molar-refractivity contribution >= 4 is 17.4 Å². The maximum absolute atomic E-state index is 11.9. The Kier molecular flexibility index (Phi) is 3.45. The Labute approximate surface area is 116 Å². The van der Waals surface area contributed by atoms with Gasteiger partial charge in [-0.1, -0.05) is 0 Å². The fraction of sp³-hybridized carbons (Fsp3) is 0.692. The van der Waals surface area contributed by atoms with Crippen molar-refractivity contribution in [2.24, 2.45) is 11.3 Å². The Morgan fingerprint density at radius 3 is 2.89 bits per heavy atom. The number of thiazole rings is 1. The van der Waals surface area contributed by atoms with Crippen LogP contribution in [0.5, 0.6) is 0 Å². The van der Waals surface area contributed by atoms with E-state index in [9.17, 15) is 9.90 Å². The van der Waals surface area contributed by atoms with Crippen LogP contribution < -0.4 is 10.6 Å². The molecule has 1 atom stereocenters. The molecule has 6 heteroatoms. The van der Waals surface area contributed by atoms with Gasteiger partial charge in [-0.2, -0.15) is 0 Å². The smallest absolute Gasteiger partial charge is 0.315 e. The summed E-state index contributed by atoms with van der Waals surface area (Å²) in [5, 5.41) is 18.0. The SMILES string of the molecule is O=C(NCC1(CO)CC1)N[C@@H](c1nccs1)C1CC1. The van der Waals surface area contributed by atoms with Crippen LogP contribution in [0.2, 0.25) is 0 Å². The summed E-state index contributed by atoms with van der Waals surface area (Å²) in [6.45, 7) is 0.719. The monoisotopic (exact) mass is 281 g/mol. The minimum Gasteiger partial charge on any atom is -0.396 e. The second-order valence-corrected chi connectivity index (χ2v) is 6.60. The molecule has 2 saturated carbocycles. The van der Waals surface area contributed by atoms with Gasteiger partial charge in [0.25, 0.3) is 0 Å². The van der Waals surface area contributed by atoms with Crippen molar-refractivity contribution in [3.8, 4) is 0 Å². The van der Waals surface area contributed by atoms with Gasteiger partial charge in [-0.25, -0.2) is 9.78 Å². The molecule has 2 fully saturated rings. The number of nitrogens with one attached hydrogen (secondary N) is 2. The molecular weight excluding hydrogens is 262 g/mol. The van der Waals surface area contributed by atoms with E-state index in [-0.39, 0.29) is 24.1 Å². The zero-order valence-corrected chi connectivity index (χ0v) is 11.6. The first kappa shape index (κ1) is 12.9. The number of rotatable bonds is 6. The van der Waals surface area contributed by atoms with Crippen molar-refractivity contribution in [3.05, 3.63) is 16.6 Å². The first-order valence-corrected chi connectivity index (χ1v) is 7.65. The van der Waals surface area contributed by atoms with Crippen LogP contribution in [0.4, 0.5) is 4.79 Å². The van der Waals surface area contributed by atoms with Crippen LogP contribution >= 0.6 is 11.3 Å². The second-order valence-electron chi connectivity index (χ2n) is 5.67. The van der Waals surface area contributed by atoms with Crippen LogP contribution in [0.3, 0.4) is 0 Å². The highest BCUT2D eigenvalue weighted by atomic mass is 32.1. The summed E-state index contributed by atoms with van der Waals surface area (Å²) >= 11 is 1.59. The van der Waals surface area contributed by atoms with Gasteiger partial charge in [0.2, 0.25) is 0 Å². The van der Waals surface area contributed by atoms with Crippen LogP contribution in [0.1, 0.15) is 36.7 Å². The summed E-state index contributed by atoms with van der Waals surface area (Å²) in [5.41, 5.74) is -0.0480. The molecule has 0 radical (unpaired) electrons. The van der Waals surface area contributed by atoms with Gasteiger partial charge >= 0.3 is 6.03 Å². The molecule has 0 unspecified atom stereocenters. The summed E-state index contributed by atoms with van der Waals surface area (Å²) in [7, 11) is 0. The van der Waals surface area contributed by atoms with Crippen molar-refractivity contribution in [2.45, 2.75) is 31.7 Å². The summed E-state index contributed by atoms with van der Waals surface area (Å²) in [5.74, 6) is 0.532. The highest BCUT2D eigenvalue weighted by Gasteiger charge is 2.42. The molecule has 2 aliphatic rings. The Bertz CT molecular complexity index is 441. The van der Waals surface area contributed by atoms with Gasteiger partial charge in [-0.3, -0.25) is 0 Å². The third-order valence-corrected chi connectivity index (χ3v) is 4.87. The second kappa shape index (κ2) is 5.09. The number of aliphatic hydroxyl groups is 1. The lowest BCUT2D eigenvalue weighted by Gasteiger charge is -2.18. The molecule has 2 amide bonds. The normalized spacial score (nSPS) is 21.7. The topological polar surface area (TPSA) is 74.2 Å². The lowest BCUT2D eigenvalue weighted by atomic mass is 10.1. The Morgan fingerprint density at radius 2 is 2.37 bits per heavy atom. The first-order chi connectivity index (χ1) is 9.22. The van der Waals surface area contributed by atoms with Gasteiger partial charge in [-0.05, 0) is 31.6 Å². The molecule has 1 aromatic heterocycles. The summed E-state index contributed by atoms with van der Waals surface area (Å²) in [4.78, 5) is 16.2. The van der Waals surface area contributed by atoms with Gasteiger partial charge in [-0.15, -0.1) is 11.3 Å². The summed E-state index contributed by atoms with van der Waals surface area (Å²) in [6, 6.07) is -0.101. The summed E-state index contributed by atoms with van der Waals surface area (Å²) < 4.78 is 0. The van der Waals surface area contributed by atoms with E-state index in [1.165, 1.54) is 0 Å². The standard InChI is InChI=1S/C13H19N3O2S/c17-8-13(3-4-13)7-15-12(18)16-10(9-1-2-9)11-14-5-6-19-11/h5-6,9-10,17H,1-4,7-8H2,(H2,15,16,18)/t10-/m1/s1. The lowest BCUT2D eigenvalue weighted by molar-refractivity contribution is 0.201. The van der Waals surface area contributed by atoms with Crippen LogP contribution in [0.25, 0.3) is 0 Å². The molecule has 104 valence electrons. The van der Waals surface area contributed by atoms with Crippen molar-refractivity contribution in [2.75, 3.05) is 13.2 Å². The maximum atomic E-state index is 11.9. The fourth-order valence-corrected chi connectivity index (χ4v) is 3.01. The molecular formula is C13H19N3O2S. The minimum absolute atomic E-state index is 0.0456. The van der Waals surface area contributed by atoms with Crippen molar-refractivity contribution in [1.82, 2.24) is 15.6 Å². The number of aromatic nitrogens is 1. The highest BCUT2D eigenvalue weighted by Crippen LogP contribution is 2.44. The number of urea groups is 1. The molecule has 1 heterocycles. The largest absolute Gasteiger partial charge is 0.396 e.